The number of halogens is 1. The van der Waals surface area contributed by atoms with E-state index >= 15 is 0 Å². The van der Waals surface area contributed by atoms with Crippen LogP contribution in [-0.4, -0.2) is 21.7 Å². The van der Waals surface area contributed by atoms with Gasteiger partial charge < -0.3 is 10.8 Å². The van der Waals surface area contributed by atoms with E-state index in [1.165, 1.54) is 12.1 Å². The number of amides is 1. The minimum absolute atomic E-state index is 0.0961. The van der Waals surface area contributed by atoms with Crippen LogP contribution in [0, 0.1) is 5.82 Å². The summed E-state index contributed by atoms with van der Waals surface area (Å²) in [6.07, 6.45) is 0. The first-order valence-electron chi connectivity index (χ1n) is 5.19. The molecule has 1 amide bonds. The van der Waals surface area contributed by atoms with Gasteiger partial charge in [-0.15, -0.1) is 11.8 Å². The highest BCUT2D eigenvalue weighted by atomic mass is 32.2. The third-order valence-corrected chi connectivity index (χ3v) is 3.79. The SMILES string of the molecule is CC(C)(SCc1ccc(C(N)=O)cc1F)C(=O)O. The van der Waals surface area contributed by atoms with E-state index in [1.54, 1.807) is 13.8 Å². The fourth-order valence-electron chi connectivity index (χ4n) is 1.14. The first kappa shape index (κ1) is 14.5. The number of hydrogen-bond acceptors (Lipinski definition) is 3. The fourth-order valence-corrected chi connectivity index (χ4v) is 2.01. The Morgan fingerprint density at radius 1 is 1.44 bits per heavy atom. The molecule has 0 spiro atoms. The molecule has 0 aliphatic rings. The minimum Gasteiger partial charge on any atom is -0.480 e. The number of carboxylic acid groups (broad SMARTS) is 1. The van der Waals surface area contributed by atoms with Crippen molar-refractivity contribution >= 4 is 23.6 Å². The minimum atomic E-state index is -0.991. The van der Waals surface area contributed by atoms with Crippen LogP contribution in [-0.2, 0) is 10.5 Å². The van der Waals surface area contributed by atoms with E-state index < -0.39 is 22.4 Å². The van der Waals surface area contributed by atoms with Gasteiger partial charge in [-0.05, 0) is 31.5 Å². The molecule has 1 rings (SSSR count). The van der Waals surface area contributed by atoms with Gasteiger partial charge in [-0.1, -0.05) is 6.07 Å². The third kappa shape index (κ3) is 3.46. The summed E-state index contributed by atoms with van der Waals surface area (Å²) in [6, 6.07) is 3.93. The molecular weight excluding hydrogens is 257 g/mol. The molecule has 1 aromatic carbocycles. The van der Waals surface area contributed by atoms with Crippen molar-refractivity contribution < 1.29 is 19.1 Å². The summed E-state index contributed by atoms with van der Waals surface area (Å²) in [6.45, 7) is 3.10. The quantitative estimate of drug-likeness (QED) is 0.858. The van der Waals surface area contributed by atoms with Crippen LogP contribution in [0.3, 0.4) is 0 Å². The van der Waals surface area contributed by atoms with Gasteiger partial charge in [0, 0.05) is 11.3 Å². The first-order chi connectivity index (χ1) is 8.24. The van der Waals surface area contributed by atoms with Crippen LogP contribution >= 0.6 is 11.8 Å². The number of nitrogens with two attached hydrogens (primary N) is 1. The monoisotopic (exact) mass is 271 g/mol. The number of primary amides is 1. The van der Waals surface area contributed by atoms with Crippen LogP contribution in [0.5, 0.6) is 0 Å². The third-order valence-electron chi connectivity index (χ3n) is 2.44. The average Bonchev–Trinajstić information content (AvgIpc) is 2.26. The summed E-state index contributed by atoms with van der Waals surface area (Å²) in [5.41, 5.74) is 5.47. The van der Waals surface area contributed by atoms with Gasteiger partial charge in [-0.25, -0.2) is 4.39 Å². The van der Waals surface area contributed by atoms with Crippen molar-refractivity contribution in [3.05, 3.63) is 35.1 Å². The largest absolute Gasteiger partial charge is 0.480 e. The number of thioether (sulfide) groups is 1. The Morgan fingerprint density at radius 2 is 2.06 bits per heavy atom. The summed E-state index contributed by atoms with van der Waals surface area (Å²) in [7, 11) is 0. The maximum atomic E-state index is 13.6. The van der Waals surface area contributed by atoms with Crippen LogP contribution in [0.4, 0.5) is 4.39 Å². The Bertz CT molecular complexity index is 488. The molecule has 0 bridgehead atoms. The molecule has 0 fully saturated rings. The van der Waals surface area contributed by atoms with Crippen molar-refractivity contribution in [2.75, 3.05) is 0 Å². The molecule has 4 nitrogen and oxygen atoms in total. The number of hydrogen-bond donors (Lipinski definition) is 2. The van der Waals surface area contributed by atoms with Crippen LogP contribution in [0.1, 0.15) is 29.8 Å². The Balaban J connectivity index is 2.81. The molecule has 0 radical (unpaired) electrons. The zero-order chi connectivity index (χ0) is 13.9. The first-order valence-corrected chi connectivity index (χ1v) is 6.18. The number of carbonyl (C=O) groups is 2. The maximum Gasteiger partial charge on any atom is 0.319 e. The molecule has 3 N–H and O–H groups in total. The lowest BCUT2D eigenvalue weighted by Crippen LogP contribution is -2.27. The lowest BCUT2D eigenvalue weighted by atomic mass is 10.1. The molecule has 0 aliphatic heterocycles. The molecule has 0 heterocycles. The highest BCUT2D eigenvalue weighted by molar-refractivity contribution is 8.00. The topological polar surface area (TPSA) is 80.4 Å². The Hall–Kier alpha value is -1.56. The van der Waals surface area contributed by atoms with Gasteiger partial charge in [0.2, 0.25) is 5.91 Å². The van der Waals surface area contributed by atoms with E-state index in [9.17, 15) is 14.0 Å². The average molecular weight is 271 g/mol. The summed E-state index contributed by atoms with van der Waals surface area (Å²) in [5, 5.41) is 8.93. The molecule has 0 aromatic heterocycles. The summed E-state index contributed by atoms with van der Waals surface area (Å²) in [4.78, 5) is 21.7. The van der Waals surface area contributed by atoms with Gasteiger partial charge in [0.05, 0.1) is 0 Å². The fraction of sp³-hybridized carbons (Fsp3) is 0.333. The second-order valence-electron chi connectivity index (χ2n) is 4.27. The lowest BCUT2D eigenvalue weighted by molar-refractivity contribution is -0.138. The van der Waals surface area contributed by atoms with Gasteiger partial charge in [-0.2, -0.15) is 0 Å². The normalized spacial score (nSPS) is 11.3. The molecule has 0 saturated carbocycles. The van der Waals surface area contributed by atoms with Crippen molar-refractivity contribution in [2.24, 2.45) is 5.73 Å². The van der Waals surface area contributed by atoms with Crippen LogP contribution in [0.2, 0.25) is 0 Å². The van der Waals surface area contributed by atoms with Gasteiger partial charge in [-0.3, -0.25) is 9.59 Å². The van der Waals surface area contributed by atoms with Gasteiger partial charge >= 0.3 is 5.97 Å². The number of benzene rings is 1. The Labute approximate surface area is 108 Å². The zero-order valence-electron chi connectivity index (χ0n) is 10.1. The van der Waals surface area contributed by atoms with Crippen LogP contribution < -0.4 is 5.73 Å². The summed E-state index contributed by atoms with van der Waals surface area (Å²) >= 11 is 1.11. The second kappa shape index (κ2) is 5.39. The number of carbonyl (C=O) groups excluding carboxylic acids is 1. The Morgan fingerprint density at radius 3 is 2.50 bits per heavy atom. The van der Waals surface area contributed by atoms with Gasteiger partial charge in [0.15, 0.2) is 0 Å². The maximum absolute atomic E-state index is 13.6. The summed E-state index contributed by atoms with van der Waals surface area (Å²) < 4.78 is 12.6. The van der Waals surface area contributed by atoms with Gasteiger partial charge in [0.1, 0.15) is 10.6 Å². The van der Waals surface area contributed by atoms with E-state index in [0.29, 0.717) is 5.56 Å². The predicted molar refractivity (Wildman–Crippen MR) is 67.9 cm³/mol. The van der Waals surface area contributed by atoms with E-state index in [2.05, 4.69) is 0 Å². The van der Waals surface area contributed by atoms with Crippen molar-refractivity contribution in [1.29, 1.82) is 0 Å². The van der Waals surface area contributed by atoms with E-state index in [4.69, 9.17) is 10.8 Å². The van der Waals surface area contributed by atoms with Crippen molar-refractivity contribution in [2.45, 2.75) is 24.3 Å². The molecule has 6 heteroatoms. The molecule has 0 unspecified atom stereocenters. The van der Waals surface area contributed by atoms with E-state index in [0.717, 1.165) is 17.8 Å². The van der Waals surface area contributed by atoms with Crippen molar-refractivity contribution in [1.82, 2.24) is 0 Å². The highest BCUT2D eigenvalue weighted by Gasteiger charge is 2.27. The lowest BCUT2D eigenvalue weighted by Gasteiger charge is -2.18. The van der Waals surface area contributed by atoms with Crippen molar-refractivity contribution in [3.63, 3.8) is 0 Å². The van der Waals surface area contributed by atoms with Gasteiger partial charge in [0.25, 0.3) is 0 Å². The van der Waals surface area contributed by atoms with E-state index in [1.807, 2.05) is 0 Å². The molecule has 0 saturated heterocycles. The second-order valence-corrected chi connectivity index (χ2v) is 5.87. The molecule has 98 valence electrons. The van der Waals surface area contributed by atoms with Crippen LogP contribution in [0.25, 0.3) is 0 Å². The highest BCUT2D eigenvalue weighted by Crippen LogP contribution is 2.29. The molecule has 18 heavy (non-hydrogen) atoms. The number of carboxylic acids is 1. The molecule has 1 aromatic rings. The van der Waals surface area contributed by atoms with Crippen molar-refractivity contribution in [3.8, 4) is 0 Å². The molecule has 0 aliphatic carbocycles. The molecular formula is C12H14FNO3S. The number of aliphatic carboxylic acids is 1. The number of rotatable bonds is 5. The predicted octanol–water partition coefficient (Wildman–Crippen LogP) is 2.02. The standard InChI is InChI=1S/C12H14FNO3S/c1-12(2,11(16)17)18-6-8-4-3-7(10(14)15)5-9(8)13/h3-5H,6H2,1-2H3,(H2,14,15)(H,16,17). The smallest absolute Gasteiger partial charge is 0.319 e. The summed E-state index contributed by atoms with van der Waals surface area (Å²) in [5.74, 6) is -2.00. The Kier molecular flexibility index (Phi) is 4.34. The zero-order valence-corrected chi connectivity index (χ0v) is 10.9. The molecule has 0 atom stereocenters. The van der Waals surface area contributed by atoms with Crippen LogP contribution in [0.15, 0.2) is 18.2 Å². The van der Waals surface area contributed by atoms with E-state index in [-0.39, 0.29) is 11.3 Å².